The molecule has 1 aromatic rings. The van der Waals surface area contributed by atoms with Crippen LogP contribution < -0.4 is 4.72 Å². The van der Waals surface area contributed by atoms with Gasteiger partial charge in [0.1, 0.15) is 10.7 Å². The fourth-order valence-electron chi connectivity index (χ4n) is 2.11. The van der Waals surface area contributed by atoms with Crippen LogP contribution in [0.3, 0.4) is 0 Å². The number of hydrogen-bond acceptors (Lipinski definition) is 3. The van der Waals surface area contributed by atoms with Gasteiger partial charge in [0.25, 0.3) is 0 Å². The van der Waals surface area contributed by atoms with Crippen molar-refractivity contribution in [1.82, 2.24) is 4.72 Å². The minimum atomic E-state index is -3.84. The van der Waals surface area contributed by atoms with Crippen LogP contribution in [0.1, 0.15) is 31.2 Å². The summed E-state index contributed by atoms with van der Waals surface area (Å²) in [6.07, 6.45) is 4.30. The standard InChI is InChI=1S/C13H18FNO3S/c14-12-5-4-11(9-16)8-13(12)19(17,18)15-7-6-10-2-1-3-10/h4-5,8,10,15-16H,1-3,6-7,9H2. The van der Waals surface area contributed by atoms with Gasteiger partial charge in [0.2, 0.25) is 10.0 Å². The number of halogens is 1. The molecule has 0 radical (unpaired) electrons. The Hall–Kier alpha value is -0.980. The molecule has 1 saturated carbocycles. The Balaban J connectivity index is 2.05. The quantitative estimate of drug-likeness (QED) is 0.838. The highest BCUT2D eigenvalue weighted by Crippen LogP contribution is 2.29. The summed E-state index contributed by atoms with van der Waals surface area (Å²) in [5.41, 5.74) is 0.376. The normalized spacial score (nSPS) is 16.3. The smallest absolute Gasteiger partial charge is 0.243 e. The lowest BCUT2D eigenvalue weighted by Crippen LogP contribution is -2.28. The molecule has 0 spiro atoms. The van der Waals surface area contributed by atoms with Crippen LogP contribution in [0, 0.1) is 11.7 Å². The topological polar surface area (TPSA) is 66.4 Å². The van der Waals surface area contributed by atoms with E-state index in [-0.39, 0.29) is 6.61 Å². The minimum Gasteiger partial charge on any atom is -0.392 e. The van der Waals surface area contributed by atoms with E-state index >= 15 is 0 Å². The highest BCUT2D eigenvalue weighted by Gasteiger charge is 2.21. The second kappa shape index (κ2) is 5.98. The summed E-state index contributed by atoms with van der Waals surface area (Å²) in [4.78, 5) is -0.396. The Morgan fingerprint density at radius 1 is 1.37 bits per heavy atom. The van der Waals surface area contributed by atoms with Crippen LogP contribution >= 0.6 is 0 Å². The molecule has 2 rings (SSSR count). The number of nitrogens with one attached hydrogen (secondary N) is 1. The van der Waals surface area contributed by atoms with E-state index in [2.05, 4.69) is 4.72 Å². The molecule has 0 saturated heterocycles. The molecule has 0 aromatic heterocycles. The summed E-state index contributed by atoms with van der Waals surface area (Å²) in [6, 6.07) is 3.59. The molecule has 19 heavy (non-hydrogen) atoms. The van der Waals surface area contributed by atoms with Crippen molar-refractivity contribution in [2.75, 3.05) is 6.54 Å². The molecule has 0 atom stereocenters. The predicted molar refractivity (Wildman–Crippen MR) is 69.5 cm³/mol. The first-order valence-electron chi connectivity index (χ1n) is 6.42. The lowest BCUT2D eigenvalue weighted by Gasteiger charge is -2.25. The van der Waals surface area contributed by atoms with Gasteiger partial charge in [0.15, 0.2) is 0 Å². The van der Waals surface area contributed by atoms with E-state index < -0.39 is 20.7 Å². The third kappa shape index (κ3) is 3.52. The van der Waals surface area contributed by atoms with Crippen LogP contribution in [0.2, 0.25) is 0 Å². The zero-order valence-electron chi connectivity index (χ0n) is 10.6. The molecule has 0 heterocycles. The van der Waals surface area contributed by atoms with Gasteiger partial charge < -0.3 is 5.11 Å². The molecule has 1 aliphatic rings. The molecule has 1 aromatic carbocycles. The Bertz CT molecular complexity index is 541. The highest BCUT2D eigenvalue weighted by molar-refractivity contribution is 7.89. The molecule has 106 valence electrons. The molecule has 0 unspecified atom stereocenters. The van der Waals surface area contributed by atoms with Gasteiger partial charge in [-0.1, -0.05) is 25.3 Å². The molecular formula is C13H18FNO3S. The van der Waals surface area contributed by atoms with Crippen molar-refractivity contribution < 1.29 is 17.9 Å². The highest BCUT2D eigenvalue weighted by atomic mass is 32.2. The summed E-state index contributed by atoms with van der Waals surface area (Å²) in [5.74, 6) is -0.204. The van der Waals surface area contributed by atoms with Crippen molar-refractivity contribution in [1.29, 1.82) is 0 Å². The summed E-state index contributed by atoms with van der Waals surface area (Å²) < 4.78 is 39.9. The van der Waals surface area contributed by atoms with Crippen LogP contribution in [0.15, 0.2) is 23.1 Å². The van der Waals surface area contributed by atoms with Gasteiger partial charge in [-0.3, -0.25) is 0 Å². The average Bonchev–Trinajstić information content (AvgIpc) is 2.33. The second-order valence-corrected chi connectivity index (χ2v) is 6.64. The first kappa shape index (κ1) is 14.4. The number of benzene rings is 1. The monoisotopic (exact) mass is 287 g/mol. The fourth-order valence-corrected chi connectivity index (χ4v) is 3.28. The third-order valence-electron chi connectivity index (χ3n) is 3.54. The maximum absolute atomic E-state index is 13.6. The zero-order chi connectivity index (χ0) is 13.9. The maximum Gasteiger partial charge on any atom is 0.243 e. The van der Waals surface area contributed by atoms with E-state index in [0.29, 0.717) is 18.0 Å². The van der Waals surface area contributed by atoms with Crippen molar-refractivity contribution in [3.05, 3.63) is 29.6 Å². The van der Waals surface area contributed by atoms with Crippen molar-refractivity contribution in [2.45, 2.75) is 37.2 Å². The summed E-state index contributed by atoms with van der Waals surface area (Å²) >= 11 is 0. The lowest BCUT2D eigenvalue weighted by atomic mass is 9.83. The van der Waals surface area contributed by atoms with Gasteiger partial charge in [-0.05, 0) is 30.0 Å². The van der Waals surface area contributed by atoms with Crippen LogP contribution in [-0.4, -0.2) is 20.1 Å². The summed E-state index contributed by atoms with van der Waals surface area (Å²) in [5, 5.41) is 8.97. The molecule has 1 aliphatic carbocycles. The SMILES string of the molecule is O=S(=O)(NCCC1CCC1)c1cc(CO)ccc1F. The Kier molecular flexibility index (Phi) is 4.54. The van der Waals surface area contributed by atoms with Crippen molar-refractivity contribution >= 4 is 10.0 Å². The zero-order valence-corrected chi connectivity index (χ0v) is 11.4. The van der Waals surface area contributed by atoms with Gasteiger partial charge in [-0.15, -0.1) is 0 Å². The minimum absolute atomic E-state index is 0.315. The van der Waals surface area contributed by atoms with Gasteiger partial charge in [-0.2, -0.15) is 0 Å². The number of hydrogen-bond donors (Lipinski definition) is 2. The summed E-state index contributed by atoms with van der Waals surface area (Å²) in [6.45, 7) is 0.0146. The Labute approximate surface area is 112 Å². The Morgan fingerprint density at radius 2 is 2.11 bits per heavy atom. The van der Waals surface area contributed by atoms with Crippen LogP contribution in [0.5, 0.6) is 0 Å². The maximum atomic E-state index is 13.6. The fraction of sp³-hybridized carbons (Fsp3) is 0.538. The molecule has 0 amide bonds. The number of aliphatic hydroxyl groups is 1. The molecule has 0 aliphatic heterocycles. The first-order valence-corrected chi connectivity index (χ1v) is 7.90. The molecular weight excluding hydrogens is 269 g/mol. The van der Waals surface area contributed by atoms with E-state index in [9.17, 15) is 12.8 Å². The van der Waals surface area contributed by atoms with Gasteiger partial charge >= 0.3 is 0 Å². The van der Waals surface area contributed by atoms with Crippen LogP contribution in [0.25, 0.3) is 0 Å². The average molecular weight is 287 g/mol. The molecule has 2 N–H and O–H groups in total. The van der Waals surface area contributed by atoms with E-state index in [1.165, 1.54) is 18.6 Å². The van der Waals surface area contributed by atoms with Crippen LogP contribution in [-0.2, 0) is 16.6 Å². The summed E-state index contributed by atoms with van der Waals surface area (Å²) in [7, 11) is -3.84. The first-order chi connectivity index (χ1) is 9.03. The third-order valence-corrected chi connectivity index (χ3v) is 5.01. The second-order valence-electron chi connectivity index (χ2n) is 4.91. The van der Waals surface area contributed by atoms with E-state index in [1.807, 2.05) is 0 Å². The predicted octanol–water partition coefficient (Wildman–Crippen LogP) is 1.79. The van der Waals surface area contributed by atoms with Crippen molar-refractivity contribution in [2.24, 2.45) is 5.92 Å². The van der Waals surface area contributed by atoms with E-state index in [4.69, 9.17) is 5.11 Å². The van der Waals surface area contributed by atoms with Gasteiger partial charge in [-0.25, -0.2) is 17.5 Å². The van der Waals surface area contributed by atoms with Crippen molar-refractivity contribution in [3.8, 4) is 0 Å². The molecule has 1 fully saturated rings. The van der Waals surface area contributed by atoms with E-state index in [1.54, 1.807) is 0 Å². The van der Waals surface area contributed by atoms with Gasteiger partial charge in [0.05, 0.1) is 6.61 Å². The lowest BCUT2D eigenvalue weighted by molar-refractivity contribution is 0.281. The number of sulfonamides is 1. The van der Waals surface area contributed by atoms with E-state index in [0.717, 1.165) is 25.3 Å². The Morgan fingerprint density at radius 3 is 2.68 bits per heavy atom. The van der Waals surface area contributed by atoms with Crippen molar-refractivity contribution in [3.63, 3.8) is 0 Å². The molecule has 4 nitrogen and oxygen atoms in total. The number of rotatable bonds is 6. The largest absolute Gasteiger partial charge is 0.392 e. The van der Waals surface area contributed by atoms with Gasteiger partial charge in [0, 0.05) is 6.54 Å². The van der Waals surface area contributed by atoms with Crippen LogP contribution in [0.4, 0.5) is 4.39 Å². The number of aliphatic hydroxyl groups excluding tert-OH is 1. The molecule has 0 bridgehead atoms. The molecule has 6 heteroatoms.